The molecule has 21 heavy (non-hydrogen) atoms. The van der Waals surface area contributed by atoms with Gasteiger partial charge in [0.2, 0.25) is 0 Å². The molecule has 1 amide bonds. The van der Waals surface area contributed by atoms with Gasteiger partial charge in [-0.05, 0) is 24.3 Å². The first-order valence-electron chi connectivity index (χ1n) is 6.25. The van der Waals surface area contributed by atoms with Gasteiger partial charge in [-0.25, -0.2) is 8.78 Å². The minimum absolute atomic E-state index is 0.0673. The first-order valence-corrected chi connectivity index (χ1v) is 6.25. The standard InChI is InChI=1S/C16H10F2N2O/c17-10-5-6-15(13(18)9-10)20-16(21)12-7-8-19-14-4-2-1-3-11(12)14/h1-9H,(H,20,21). The van der Waals surface area contributed by atoms with E-state index in [1.54, 1.807) is 24.3 Å². The van der Waals surface area contributed by atoms with Gasteiger partial charge in [0.15, 0.2) is 0 Å². The Bertz CT molecular complexity index is 828. The predicted molar refractivity (Wildman–Crippen MR) is 76.1 cm³/mol. The lowest BCUT2D eigenvalue weighted by Crippen LogP contribution is -2.13. The zero-order valence-electron chi connectivity index (χ0n) is 10.8. The van der Waals surface area contributed by atoms with Crippen molar-refractivity contribution in [3.8, 4) is 0 Å². The monoisotopic (exact) mass is 284 g/mol. The van der Waals surface area contributed by atoms with E-state index in [-0.39, 0.29) is 5.69 Å². The van der Waals surface area contributed by atoms with Crippen LogP contribution in [0.2, 0.25) is 0 Å². The third kappa shape index (κ3) is 2.58. The molecular weight excluding hydrogens is 274 g/mol. The molecule has 2 aromatic carbocycles. The van der Waals surface area contributed by atoms with Gasteiger partial charge in [0, 0.05) is 17.6 Å². The van der Waals surface area contributed by atoms with E-state index >= 15 is 0 Å². The van der Waals surface area contributed by atoms with Crippen molar-refractivity contribution in [1.29, 1.82) is 0 Å². The summed E-state index contributed by atoms with van der Waals surface area (Å²) in [4.78, 5) is 16.4. The van der Waals surface area contributed by atoms with Crippen LogP contribution in [0, 0.1) is 11.6 Å². The molecule has 0 unspecified atom stereocenters. The summed E-state index contributed by atoms with van der Waals surface area (Å²) in [5.74, 6) is -1.99. The van der Waals surface area contributed by atoms with Crippen molar-refractivity contribution in [2.24, 2.45) is 0 Å². The number of amides is 1. The molecule has 3 rings (SSSR count). The maximum Gasteiger partial charge on any atom is 0.256 e. The second-order valence-corrected chi connectivity index (χ2v) is 4.45. The molecule has 5 heteroatoms. The third-order valence-corrected chi connectivity index (χ3v) is 3.07. The number of anilines is 1. The molecule has 0 aliphatic carbocycles. The summed E-state index contributed by atoms with van der Waals surface area (Å²) in [6.45, 7) is 0. The third-order valence-electron chi connectivity index (χ3n) is 3.07. The van der Waals surface area contributed by atoms with Crippen LogP contribution in [0.5, 0.6) is 0 Å². The summed E-state index contributed by atoms with van der Waals surface area (Å²) in [5.41, 5.74) is 0.983. The van der Waals surface area contributed by atoms with Crippen molar-refractivity contribution in [2.45, 2.75) is 0 Å². The highest BCUT2D eigenvalue weighted by Gasteiger charge is 2.13. The number of fused-ring (bicyclic) bond motifs is 1. The predicted octanol–water partition coefficient (Wildman–Crippen LogP) is 3.77. The van der Waals surface area contributed by atoms with Crippen LogP contribution in [0.4, 0.5) is 14.5 Å². The number of rotatable bonds is 2. The van der Waals surface area contributed by atoms with Gasteiger partial charge in [-0.1, -0.05) is 18.2 Å². The second-order valence-electron chi connectivity index (χ2n) is 4.45. The molecule has 3 nitrogen and oxygen atoms in total. The highest BCUT2D eigenvalue weighted by molar-refractivity contribution is 6.12. The zero-order chi connectivity index (χ0) is 14.8. The summed E-state index contributed by atoms with van der Waals surface area (Å²) in [6.07, 6.45) is 1.51. The number of nitrogens with zero attached hydrogens (tertiary/aromatic N) is 1. The van der Waals surface area contributed by atoms with E-state index in [0.29, 0.717) is 16.5 Å². The summed E-state index contributed by atoms with van der Waals surface area (Å²) in [5, 5.41) is 3.10. The van der Waals surface area contributed by atoms with Gasteiger partial charge >= 0.3 is 0 Å². The number of benzene rings is 2. The van der Waals surface area contributed by atoms with E-state index in [2.05, 4.69) is 10.3 Å². The Morgan fingerprint density at radius 2 is 1.86 bits per heavy atom. The van der Waals surface area contributed by atoms with Gasteiger partial charge < -0.3 is 5.32 Å². The molecule has 0 saturated heterocycles. The summed E-state index contributed by atoms with van der Waals surface area (Å²) in [7, 11) is 0. The van der Waals surface area contributed by atoms with Crippen molar-refractivity contribution >= 4 is 22.5 Å². The number of nitrogens with one attached hydrogen (secondary N) is 1. The largest absolute Gasteiger partial charge is 0.319 e. The van der Waals surface area contributed by atoms with Crippen molar-refractivity contribution in [3.63, 3.8) is 0 Å². The SMILES string of the molecule is O=C(Nc1ccc(F)cc1F)c1ccnc2ccccc12. The molecule has 0 radical (unpaired) electrons. The molecule has 0 spiro atoms. The minimum Gasteiger partial charge on any atom is -0.319 e. The van der Waals surface area contributed by atoms with E-state index in [4.69, 9.17) is 0 Å². The molecule has 1 heterocycles. The molecule has 0 aliphatic rings. The molecule has 0 fully saturated rings. The van der Waals surface area contributed by atoms with E-state index in [1.165, 1.54) is 12.3 Å². The van der Waals surface area contributed by atoms with Crippen molar-refractivity contribution in [2.75, 3.05) is 5.32 Å². The van der Waals surface area contributed by atoms with Gasteiger partial charge in [-0.3, -0.25) is 9.78 Å². The van der Waals surface area contributed by atoms with Crippen LogP contribution in [0.1, 0.15) is 10.4 Å². The highest BCUT2D eigenvalue weighted by Crippen LogP contribution is 2.20. The maximum atomic E-state index is 13.6. The molecule has 0 atom stereocenters. The highest BCUT2D eigenvalue weighted by atomic mass is 19.1. The van der Waals surface area contributed by atoms with Crippen LogP contribution in [0.15, 0.2) is 54.7 Å². The molecule has 0 bridgehead atoms. The molecule has 104 valence electrons. The minimum atomic E-state index is -0.818. The molecule has 1 aromatic heterocycles. The fraction of sp³-hybridized carbons (Fsp3) is 0. The lowest BCUT2D eigenvalue weighted by atomic mass is 10.1. The van der Waals surface area contributed by atoms with Crippen molar-refractivity contribution in [1.82, 2.24) is 4.98 Å². The number of carbonyl (C=O) groups excluding carboxylic acids is 1. The molecular formula is C16H10F2N2O. The van der Waals surface area contributed by atoms with E-state index < -0.39 is 17.5 Å². The van der Waals surface area contributed by atoms with Gasteiger partial charge in [-0.15, -0.1) is 0 Å². The van der Waals surface area contributed by atoms with Crippen molar-refractivity contribution in [3.05, 3.63) is 71.9 Å². The number of carbonyl (C=O) groups is 1. The van der Waals surface area contributed by atoms with Crippen LogP contribution in [0.25, 0.3) is 10.9 Å². The Balaban J connectivity index is 1.97. The van der Waals surface area contributed by atoms with E-state index in [0.717, 1.165) is 12.1 Å². The maximum absolute atomic E-state index is 13.6. The molecule has 0 saturated carbocycles. The molecule has 1 N–H and O–H groups in total. The average Bonchev–Trinajstić information content (AvgIpc) is 2.49. The zero-order valence-corrected chi connectivity index (χ0v) is 10.8. The number of hydrogen-bond donors (Lipinski definition) is 1. The lowest BCUT2D eigenvalue weighted by molar-refractivity contribution is 0.102. The van der Waals surface area contributed by atoms with Gasteiger partial charge in [0.1, 0.15) is 11.6 Å². The number of pyridine rings is 1. The molecule has 3 aromatic rings. The first-order chi connectivity index (χ1) is 10.1. The fourth-order valence-electron chi connectivity index (χ4n) is 2.07. The van der Waals surface area contributed by atoms with E-state index in [9.17, 15) is 13.6 Å². The number of aromatic nitrogens is 1. The average molecular weight is 284 g/mol. The van der Waals surface area contributed by atoms with Crippen LogP contribution in [-0.4, -0.2) is 10.9 Å². The smallest absolute Gasteiger partial charge is 0.256 e. The van der Waals surface area contributed by atoms with Crippen LogP contribution in [0.3, 0.4) is 0 Å². The van der Waals surface area contributed by atoms with Crippen LogP contribution >= 0.6 is 0 Å². The van der Waals surface area contributed by atoms with Gasteiger partial charge in [-0.2, -0.15) is 0 Å². The van der Waals surface area contributed by atoms with Crippen molar-refractivity contribution < 1.29 is 13.6 Å². The fourth-order valence-corrected chi connectivity index (χ4v) is 2.07. The van der Waals surface area contributed by atoms with E-state index in [1.807, 2.05) is 6.07 Å². The Hall–Kier alpha value is -2.82. The number of para-hydroxylation sites is 1. The Morgan fingerprint density at radius 1 is 1.05 bits per heavy atom. The number of hydrogen-bond acceptors (Lipinski definition) is 2. The second kappa shape index (κ2) is 5.28. The van der Waals surface area contributed by atoms with Crippen LogP contribution in [-0.2, 0) is 0 Å². The Kier molecular flexibility index (Phi) is 3.31. The molecule has 0 aliphatic heterocycles. The normalized spacial score (nSPS) is 10.6. The van der Waals surface area contributed by atoms with Crippen LogP contribution < -0.4 is 5.32 Å². The first kappa shape index (κ1) is 13.2. The topological polar surface area (TPSA) is 42.0 Å². The summed E-state index contributed by atoms with van der Waals surface area (Å²) in [6, 6.07) is 11.7. The summed E-state index contributed by atoms with van der Waals surface area (Å²) >= 11 is 0. The quantitative estimate of drug-likeness (QED) is 0.778. The van der Waals surface area contributed by atoms with Gasteiger partial charge in [0.25, 0.3) is 5.91 Å². The lowest BCUT2D eigenvalue weighted by Gasteiger charge is -2.08. The summed E-state index contributed by atoms with van der Waals surface area (Å²) < 4.78 is 26.4. The van der Waals surface area contributed by atoms with Gasteiger partial charge in [0.05, 0.1) is 16.8 Å². The Morgan fingerprint density at radius 3 is 2.67 bits per heavy atom. The number of halogens is 2. The Labute approximate surface area is 119 Å².